The molecule has 0 aliphatic heterocycles. The molecule has 4 rings (SSSR count). The second-order valence-corrected chi connectivity index (χ2v) is 15.5. The number of hydrogen-bond acceptors (Lipinski definition) is 4. The summed E-state index contributed by atoms with van der Waals surface area (Å²) in [4.78, 5) is 20.1. The van der Waals surface area contributed by atoms with Crippen LogP contribution >= 0.6 is 0 Å². The fourth-order valence-corrected chi connectivity index (χ4v) is 9.89. The van der Waals surface area contributed by atoms with Crippen molar-refractivity contribution in [3.05, 3.63) is 22.8 Å². The van der Waals surface area contributed by atoms with E-state index in [4.69, 9.17) is 16.6 Å². The van der Waals surface area contributed by atoms with Crippen LogP contribution < -0.4 is 11.5 Å². The second kappa shape index (κ2) is 12.5. The zero-order valence-corrected chi connectivity index (χ0v) is 27.3. The summed E-state index contributed by atoms with van der Waals surface area (Å²) in [6.45, 7) is 19.6. The van der Waals surface area contributed by atoms with Gasteiger partial charge in [-0.2, -0.15) is 0 Å². The smallest absolute Gasteiger partial charge is 0.320 e. The summed E-state index contributed by atoms with van der Waals surface area (Å²) in [5, 5.41) is 19.0. The summed E-state index contributed by atoms with van der Waals surface area (Å²) in [5.41, 5.74) is 16.2. The molecule has 41 heavy (non-hydrogen) atoms. The van der Waals surface area contributed by atoms with E-state index in [-0.39, 0.29) is 24.4 Å². The SMILES string of the molecule is CC(C)=CCC[C@@H](C)[C@H]1CC[C@@]2(C)C3=C(CC[C@]12C)[C@@]1(C)CC[C@H](O)C(C)(C)[C@@H]1CC3.NC(=O)CCC(N)C(=O)O. The molecule has 4 aliphatic carbocycles. The van der Waals surface area contributed by atoms with Crippen LogP contribution in [0.4, 0.5) is 0 Å². The first kappa shape index (κ1) is 33.8. The van der Waals surface area contributed by atoms with Crippen molar-refractivity contribution >= 4 is 11.9 Å². The van der Waals surface area contributed by atoms with Gasteiger partial charge in [0.2, 0.25) is 5.91 Å². The Kier molecular flexibility index (Phi) is 10.3. The number of fused-ring (bicyclic) bond motifs is 4. The molecule has 0 spiro atoms. The molecule has 6 N–H and O–H groups in total. The Labute approximate surface area is 249 Å². The van der Waals surface area contributed by atoms with Crippen molar-refractivity contribution in [2.24, 2.45) is 50.9 Å². The lowest BCUT2D eigenvalue weighted by Gasteiger charge is -2.62. The number of allylic oxidation sites excluding steroid dienone is 4. The van der Waals surface area contributed by atoms with Crippen molar-refractivity contribution in [2.45, 2.75) is 145 Å². The van der Waals surface area contributed by atoms with Crippen molar-refractivity contribution in [3.8, 4) is 0 Å². The molecule has 0 heterocycles. The van der Waals surface area contributed by atoms with Crippen LogP contribution in [0.5, 0.6) is 0 Å². The summed E-state index contributed by atoms with van der Waals surface area (Å²) in [6.07, 6.45) is 15.3. The van der Waals surface area contributed by atoms with Gasteiger partial charge < -0.3 is 21.7 Å². The Bertz CT molecular complexity index is 1040. The largest absolute Gasteiger partial charge is 0.480 e. The van der Waals surface area contributed by atoms with E-state index in [9.17, 15) is 14.7 Å². The van der Waals surface area contributed by atoms with Gasteiger partial charge in [0.05, 0.1) is 6.10 Å². The van der Waals surface area contributed by atoms with Gasteiger partial charge in [-0.1, -0.05) is 64.3 Å². The van der Waals surface area contributed by atoms with Gasteiger partial charge in [-0.25, -0.2) is 0 Å². The summed E-state index contributed by atoms with van der Waals surface area (Å²) in [5.74, 6) is 0.682. The molecule has 0 radical (unpaired) electrons. The zero-order chi connectivity index (χ0) is 31.0. The number of amides is 1. The first-order valence-corrected chi connectivity index (χ1v) is 16.2. The minimum absolute atomic E-state index is 0.0213. The first-order chi connectivity index (χ1) is 18.9. The molecule has 2 fully saturated rings. The fraction of sp³-hybridized carbons (Fsp3) is 0.829. The Morgan fingerprint density at radius 2 is 1.63 bits per heavy atom. The highest BCUT2D eigenvalue weighted by atomic mass is 16.4. The Hall–Kier alpha value is -1.66. The fourth-order valence-electron chi connectivity index (χ4n) is 9.89. The summed E-state index contributed by atoms with van der Waals surface area (Å²) < 4.78 is 0. The quantitative estimate of drug-likeness (QED) is 0.230. The minimum atomic E-state index is -1.11. The number of primary amides is 1. The second-order valence-electron chi connectivity index (χ2n) is 15.5. The molecule has 0 bridgehead atoms. The van der Waals surface area contributed by atoms with E-state index in [0.29, 0.717) is 22.2 Å². The molecule has 2 saturated carbocycles. The number of nitrogens with two attached hydrogens (primary N) is 2. The van der Waals surface area contributed by atoms with Crippen LogP contribution in [-0.2, 0) is 9.59 Å². The van der Waals surface area contributed by atoms with Crippen LogP contribution in [-0.4, -0.2) is 34.2 Å². The lowest BCUT2D eigenvalue weighted by atomic mass is 9.43. The average Bonchev–Trinajstić information content (AvgIpc) is 3.16. The molecule has 8 atom stereocenters. The topological polar surface area (TPSA) is 127 Å². The van der Waals surface area contributed by atoms with Gasteiger partial charge in [-0.05, 0) is 124 Å². The predicted octanol–water partition coefficient (Wildman–Crippen LogP) is 7.14. The lowest BCUT2D eigenvalue weighted by Crippen LogP contribution is -2.55. The molecule has 6 heteroatoms. The number of carboxylic acid groups (broad SMARTS) is 1. The van der Waals surface area contributed by atoms with Gasteiger partial charge in [0.15, 0.2) is 0 Å². The number of hydrogen-bond donors (Lipinski definition) is 4. The van der Waals surface area contributed by atoms with Gasteiger partial charge in [0.25, 0.3) is 0 Å². The summed E-state index contributed by atoms with van der Waals surface area (Å²) in [6, 6.07) is -0.979. The Morgan fingerprint density at radius 3 is 2.22 bits per heavy atom. The molecular formula is C35H60N2O4. The average molecular weight is 573 g/mol. The molecule has 1 amide bonds. The van der Waals surface area contributed by atoms with Crippen molar-refractivity contribution in [1.82, 2.24) is 0 Å². The van der Waals surface area contributed by atoms with Crippen molar-refractivity contribution in [1.29, 1.82) is 0 Å². The number of carbonyl (C=O) groups excluding carboxylic acids is 1. The lowest BCUT2D eigenvalue weighted by molar-refractivity contribution is -0.138. The molecule has 1 unspecified atom stereocenters. The van der Waals surface area contributed by atoms with E-state index in [1.807, 2.05) is 11.1 Å². The van der Waals surface area contributed by atoms with E-state index >= 15 is 0 Å². The van der Waals surface area contributed by atoms with Gasteiger partial charge in [-0.3, -0.25) is 9.59 Å². The zero-order valence-electron chi connectivity index (χ0n) is 27.3. The van der Waals surface area contributed by atoms with Crippen LogP contribution in [0.1, 0.15) is 132 Å². The van der Waals surface area contributed by atoms with Gasteiger partial charge in [0, 0.05) is 6.42 Å². The third kappa shape index (κ3) is 6.34. The summed E-state index contributed by atoms with van der Waals surface area (Å²) in [7, 11) is 0. The van der Waals surface area contributed by atoms with Crippen molar-refractivity contribution < 1.29 is 19.8 Å². The molecule has 0 saturated heterocycles. The van der Waals surface area contributed by atoms with Crippen LogP contribution in [0.3, 0.4) is 0 Å². The number of carbonyl (C=O) groups is 2. The Morgan fingerprint density at radius 1 is 0.976 bits per heavy atom. The number of aliphatic hydroxyl groups excluding tert-OH is 1. The van der Waals surface area contributed by atoms with Gasteiger partial charge in [0.1, 0.15) is 6.04 Å². The van der Waals surface area contributed by atoms with E-state index in [1.165, 1.54) is 63.4 Å². The molecule has 0 aromatic rings. The first-order valence-electron chi connectivity index (χ1n) is 16.2. The number of aliphatic hydroxyl groups is 1. The minimum Gasteiger partial charge on any atom is -0.480 e. The molecule has 0 aromatic carbocycles. The molecular weight excluding hydrogens is 512 g/mol. The Balaban J connectivity index is 0.000000397. The molecule has 6 nitrogen and oxygen atoms in total. The van der Waals surface area contributed by atoms with E-state index in [1.54, 1.807) is 0 Å². The van der Waals surface area contributed by atoms with Crippen LogP contribution in [0.2, 0.25) is 0 Å². The number of rotatable bonds is 8. The van der Waals surface area contributed by atoms with Crippen LogP contribution in [0.15, 0.2) is 22.8 Å². The highest BCUT2D eigenvalue weighted by Gasteiger charge is 2.63. The monoisotopic (exact) mass is 572 g/mol. The van der Waals surface area contributed by atoms with Crippen molar-refractivity contribution in [2.75, 3.05) is 0 Å². The van der Waals surface area contributed by atoms with E-state index in [2.05, 4.69) is 61.5 Å². The van der Waals surface area contributed by atoms with Gasteiger partial charge >= 0.3 is 5.97 Å². The molecule has 4 aliphatic rings. The van der Waals surface area contributed by atoms with Crippen LogP contribution in [0.25, 0.3) is 0 Å². The number of carboxylic acids is 1. The maximum atomic E-state index is 10.8. The van der Waals surface area contributed by atoms with E-state index in [0.717, 1.165) is 18.3 Å². The van der Waals surface area contributed by atoms with Gasteiger partial charge in [-0.15, -0.1) is 0 Å². The molecule has 234 valence electrons. The maximum Gasteiger partial charge on any atom is 0.320 e. The molecule has 0 aromatic heterocycles. The van der Waals surface area contributed by atoms with Crippen molar-refractivity contribution in [3.63, 3.8) is 0 Å². The van der Waals surface area contributed by atoms with Crippen LogP contribution in [0, 0.1) is 39.4 Å². The number of aliphatic carboxylic acids is 1. The maximum absolute atomic E-state index is 10.8. The van der Waals surface area contributed by atoms with E-state index < -0.39 is 17.9 Å². The standard InChI is InChI=1S/C30H50O.C5H10N2O3/c1-20(2)10-9-11-21(3)22-14-18-30(8)24-12-13-25-27(4,5)26(31)16-17-28(25,6)23(24)15-19-29(22,30)7;6-3(5(9)10)1-2-4(7)8/h10,21-22,25-26,31H,9,11-19H2,1-8H3;3H,1-2,6H2,(H2,7,8)(H,9,10)/t21-,22-,25+,26+,28-,29-,30+;/m1./s1. The third-order valence-electron chi connectivity index (χ3n) is 12.7. The normalized spacial score (nSPS) is 37.0. The highest BCUT2D eigenvalue weighted by Crippen LogP contribution is 2.72. The predicted molar refractivity (Wildman–Crippen MR) is 167 cm³/mol. The highest BCUT2D eigenvalue weighted by molar-refractivity contribution is 5.77. The third-order valence-corrected chi connectivity index (χ3v) is 12.7. The summed E-state index contributed by atoms with van der Waals surface area (Å²) >= 11 is 0.